The normalized spacial score (nSPS) is 13.9. The Balaban J connectivity index is 1.43. The third-order valence-corrected chi connectivity index (χ3v) is 6.32. The number of amides is 1. The first-order chi connectivity index (χ1) is 17.0. The number of aryl methyl sites for hydroxylation is 1. The summed E-state index contributed by atoms with van der Waals surface area (Å²) >= 11 is 0. The van der Waals surface area contributed by atoms with Gasteiger partial charge in [0.05, 0.1) is 30.2 Å². The Kier molecular flexibility index (Phi) is 6.05. The van der Waals surface area contributed by atoms with Crippen LogP contribution >= 0.6 is 0 Å². The SMILES string of the molecule is O=C(O)CC(c1cccnc1)n1ccc2c(NCc3ccc4c(n3)N(C(=O)O)CCC4)cccc21. The molecule has 1 atom stereocenters. The van der Waals surface area contributed by atoms with Crippen molar-refractivity contribution < 1.29 is 19.8 Å². The van der Waals surface area contributed by atoms with Crippen molar-refractivity contribution >= 4 is 34.5 Å². The summed E-state index contributed by atoms with van der Waals surface area (Å²) in [5.74, 6) is -0.371. The zero-order valence-corrected chi connectivity index (χ0v) is 19.0. The molecule has 0 bridgehead atoms. The highest BCUT2D eigenvalue weighted by atomic mass is 16.4. The van der Waals surface area contributed by atoms with Crippen molar-refractivity contribution in [2.75, 3.05) is 16.8 Å². The zero-order valence-electron chi connectivity index (χ0n) is 19.0. The minimum Gasteiger partial charge on any atom is -0.481 e. The van der Waals surface area contributed by atoms with Gasteiger partial charge < -0.3 is 20.1 Å². The number of benzene rings is 1. The summed E-state index contributed by atoms with van der Waals surface area (Å²) < 4.78 is 1.97. The molecule has 1 aliphatic heterocycles. The fourth-order valence-electron chi connectivity index (χ4n) is 4.68. The molecule has 3 aromatic heterocycles. The van der Waals surface area contributed by atoms with E-state index in [1.165, 1.54) is 4.90 Å². The van der Waals surface area contributed by atoms with Crippen molar-refractivity contribution in [2.24, 2.45) is 0 Å². The smallest absolute Gasteiger partial charge is 0.413 e. The van der Waals surface area contributed by atoms with E-state index in [4.69, 9.17) is 0 Å². The second-order valence-corrected chi connectivity index (χ2v) is 8.54. The molecule has 0 saturated heterocycles. The molecule has 5 rings (SSSR count). The molecule has 0 aliphatic carbocycles. The van der Waals surface area contributed by atoms with Gasteiger partial charge in [-0.05, 0) is 54.3 Å². The van der Waals surface area contributed by atoms with Crippen molar-refractivity contribution in [1.29, 1.82) is 0 Å². The van der Waals surface area contributed by atoms with Crippen LogP contribution in [0.4, 0.5) is 16.3 Å². The number of pyridine rings is 2. The number of fused-ring (bicyclic) bond motifs is 2. The molecule has 178 valence electrons. The van der Waals surface area contributed by atoms with Crippen LogP contribution < -0.4 is 10.2 Å². The molecule has 0 saturated carbocycles. The van der Waals surface area contributed by atoms with E-state index in [-0.39, 0.29) is 6.42 Å². The van der Waals surface area contributed by atoms with Crippen LogP contribution in [-0.2, 0) is 17.8 Å². The molecule has 35 heavy (non-hydrogen) atoms. The lowest BCUT2D eigenvalue weighted by molar-refractivity contribution is -0.137. The van der Waals surface area contributed by atoms with E-state index in [2.05, 4.69) is 15.3 Å². The number of anilines is 2. The Hall–Kier alpha value is -4.40. The second-order valence-electron chi connectivity index (χ2n) is 8.54. The molecule has 0 fully saturated rings. The lowest BCUT2D eigenvalue weighted by Crippen LogP contribution is -2.35. The fourth-order valence-corrected chi connectivity index (χ4v) is 4.68. The lowest BCUT2D eigenvalue weighted by Gasteiger charge is -2.26. The van der Waals surface area contributed by atoms with Crippen LogP contribution in [0.5, 0.6) is 0 Å². The second kappa shape index (κ2) is 9.46. The van der Waals surface area contributed by atoms with Gasteiger partial charge in [-0.3, -0.25) is 14.7 Å². The van der Waals surface area contributed by atoms with Gasteiger partial charge in [0.2, 0.25) is 0 Å². The van der Waals surface area contributed by atoms with Crippen LogP contribution in [0.25, 0.3) is 10.9 Å². The fraction of sp³-hybridized carbons (Fsp3) is 0.231. The predicted octanol–water partition coefficient (Wildman–Crippen LogP) is 4.54. The Labute approximate surface area is 201 Å². The van der Waals surface area contributed by atoms with E-state index in [1.807, 2.05) is 53.2 Å². The number of nitrogens with zero attached hydrogens (tertiary/aromatic N) is 4. The van der Waals surface area contributed by atoms with Gasteiger partial charge in [0.25, 0.3) is 0 Å². The van der Waals surface area contributed by atoms with E-state index in [9.17, 15) is 19.8 Å². The van der Waals surface area contributed by atoms with E-state index in [0.29, 0.717) is 18.9 Å². The maximum atomic E-state index is 11.6. The Bertz CT molecular complexity index is 1390. The van der Waals surface area contributed by atoms with Gasteiger partial charge in [-0.25, -0.2) is 9.78 Å². The molecule has 4 aromatic rings. The largest absolute Gasteiger partial charge is 0.481 e. The minimum absolute atomic E-state index is 0.0632. The summed E-state index contributed by atoms with van der Waals surface area (Å²) in [5.41, 5.74) is 4.30. The summed E-state index contributed by atoms with van der Waals surface area (Å²) in [6.45, 7) is 0.875. The summed E-state index contributed by atoms with van der Waals surface area (Å²) in [6.07, 6.45) is 5.83. The molecule has 1 amide bonds. The lowest BCUT2D eigenvalue weighted by atomic mass is 10.1. The topological polar surface area (TPSA) is 121 Å². The van der Waals surface area contributed by atoms with Crippen LogP contribution in [0.3, 0.4) is 0 Å². The molecule has 9 nitrogen and oxygen atoms in total. The summed E-state index contributed by atoms with van der Waals surface area (Å²) in [6, 6.07) is 15.0. The summed E-state index contributed by atoms with van der Waals surface area (Å²) in [7, 11) is 0. The highest BCUT2D eigenvalue weighted by molar-refractivity contribution is 5.93. The molecule has 1 aliphatic rings. The predicted molar refractivity (Wildman–Crippen MR) is 132 cm³/mol. The van der Waals surface area contributed by atoms with Crippen molar-refractivity contribution in [3.05, 3.63) is 83.9 Å². The molecule has 0 radical (unpaired) electrons. The molecule has 0 spiro atoms. The van der Waals surface area contributed by atoms with E-state index < -0.39 is 18.1 Å². The number of carboxylic acids is 1. The maximum Gasteiger partial charge on any atom is 0.413 e. The quantitative estimate of drug-likeness (QED) is 0.362. The van der Waals surface area contributed by atoms with E-state index in [1.54, 1.807) is 18.5 Å². The average Bonchev–Trinajstić information content (AvgIpc) is 3.30. The van der Waals surface area contributed by atoms with E-state index in [0.717, 1.165) is 46.3 Å². The van der Waals surface area contributed by atoms with Crippen molar-refractivity contribution in [1.82, 2.24) is 14.5 Å². The van der Waals surface area contributed by atoms with Gasteiger partial charge in [-0.2, -0.15) is 0 Å². The Morgan fingerprint density at radius 2 is 1.97 bits per heavy atom. The number of carbonyl (C=O) groups is 2. The van der Waals surface area contributed by atoms with E-state index >= 15 is 0 Å². The van der Waals surface area contributed by atoms with Crippen LogP contribution in [0.2, 0.25) is 0 Å². The molecule has 9 heteroatoms. The van der Waals surface area contributed by atoms with Crippen LogP contribution in [0.15, 0.2) is 67.1 Å². The van der Waals surface area contributed by atoms with Gasteiger partial charge in [0, 0.05) is 36.2 Å². The first-order valence-corrected chi connectivity index (χ1v) is 11.5. The number of carboxylic acid groups (broad SMARTS) is 2. The minimum atomic E-state index is -0.987. The molecular formula is C26H25N5O4. The third kappa shape index (κ3) is 4.52. The first-order valence-electron chi connectivity index (χ1n) is 11.5. The van der Waals surface area contributed by atoms with Crippen LogP contribution in [0.1, 0.15) is 35.7 Å². The van der Waals surface area contributed by atoms with Crippen molar-refractivity contribution in [2.45, 2.75) is 31.8 Å². The number of aliphatic carboxylic acids is 1. The summed E-state index contributed by atoms with van der Waals surface area (Å²) in [4.78, 5) is 33.3. The van der Waals surface area contributed by atoms with Gasteiger partial charge in [0.1, 0.15) is 5.82 Å². The maximum absolute atomic E-state index is 11.6. The van der Waals surface area contributed by atoms with Gasteiger partial charge >= 0.3 is 12.1 Å². The number of nitrogens with one attached hydrogen (secondary N) is 1. The van der Waals surface area contributed by atoms with Crippen LogP contribution in [0, 0.1) is 0 Å². The summed E-state index contributed by atoms with van der Waals surface area (Å²) in [5, 5.41) is 23.4. The highest BCUT2D eigenvalue weighted by Gasteiger charge is 2.24. The number of rotatable bonds is 7. The first kappa shape index (κ1) is 22.4. The van der Waals surface area contributed by atoms with Crippen LogP contribution in [-0.4, -0.2) is 43.4 Å². The average molecular weight is 472 g/mol. The Morgan fingerprint density at radius 1 is 1.09 bits per heavy atom. The monoisotopic (exact) mass is 471 g/mol. The van der Waals surface area contributed by atoms with Gasteiger partial charge in [-0.1, -0.05) is 18.2 Å². The highest BCUT2D eigenvalue weighted by Crippen LogP contribution is 2.32. The molecule has 1 aromatic carbocycles. The van der Waals surface area contributed by atoms with Crippen molar-refractivity contribution in [3.8, 4) is 0 Å². The van der Waals surface area contributed by atoms with Gasteiger partial charge in [0.15, 0.2) is 0 Å². The Morgan fingerprint density at radius 3 is 2.74 bits per heavy atom. The third-order valence-electron chi connectivity index (χ3n) is 6.32. The standard InChI is InChI=1S/C26H25N5O4/c32-24(33)14-23(18-4-2-11-27-15-18)30-13-10-20-21(6-1-7-22(20)30)28-16-19-9-8-17-5-3-12-31(26(34)35)25(17)29-19/h1-2,4,6-11,13,15,23,28H,3,5,12,14,16H2,(H,32,33)(H,34,35). The number of hydrogen-bond acceptors (Lipinski definition) is 5. The van der Waals surface area contributed by atoms with Gasteiger partial charge in [-0.15, -0.1) is 0 Å². The number of hydrogen-bond donors (Lipinski definition) is 3. The molecular weight excluding hydrogens is 446 g/mol. The zero-order chi connectivity index (χ0) is 24.4. The molecule has 1 unspecified atom stereocenters. The molecule has 4 heterocycles. The van der Waals surface area contributed by atoms with Crippen molar-refractivity contribution in [3.63, 3.8) is 0 Å². The molecule has 3 N–H and O–H groups in total. The number of aromatic nitrogens is 3.